The van der Waals surface area contributed by atoms with Crippen LogP contribution in [0.2, 0.25) is 0 Å². The Labute approximate surface area is 120 Å². The van der Waals surface area contributed by atoms with Gasteiger partial charge in [-0.1, -0.05) is 43.9 Å². The minimum atomic E-state index is -0.355. The molecule has 0 aromatic heterocycles. The fourth-order valence-corrected chi connectivity index (χ4v) is 1.63. The molecule has 0 heterocycles. The first kappa shape index (κ1) is 15.8. The first-order valence-electron chi connectivity index (χ1n) is 6.66. The molecule has 3 heteroatoms. The zero-order chi connectivity index (χ0) is 14.8. The first-order valence-corrected chi connectivity index (χ1v) is 6.66. The highest BCUT2D eigenvalue weighted by Crippen LogP contribution is 2.18. The maximum Gasteiger partial charge on any atom is 0.337 e. The third kappa shape index (κ3) is 4.81. The van der Waals surface area contributed by atoms with E-state index in [0.717, 1.165) is 24.8 Å². The molecule has 1 rings (SSSR count). The van der Waals surface area contributed by atoms with Crippen LogP contribution in [0.5, 0.6) is 0 Å². The molecule has 0 radical (unpaired) electrons. The number of hydrogen-bond donors (Lipinski definition) is 0. The minimum Gasteiger partial charge on any atom is -0.481 e. The summed E-state index contributed by atoms with van der Waals surface area (Å²) >= 11 is 0. The van der Waals surface area contributed by atoms with E-state index in [1.807, 2.05) is 12.1 Å². The summed E-state index contributed by atoms with van der Waals surface area (Å²) < 4.78 is 10.1. The van der Waals surface area contributed by atoms with E-state index in [0.29, 0.717) is 5.56 Å². The molecule has 0 fully saturated rings. The summed E-state index contributed by atoms with van der Waals surface area (Å²) in [4.78, 5) is 11.4. The molecule has 1 atom stereocenters. The summed E-state index contributed by atoms with van der Waals surface area (Å²) in [5.74, 6) is 5.82. The molecular weight excluding hydrogens is 252 g/mol. The summed E-state index contributed by atoms with van der Waals surface area (Å²) in [6, 6.07) is 7.03. The molecule has 0 N–H and O–H groups in total. The van der Waals surface area contributed by atoms with Crippen LogP contribution in [0.1, 0.15) is 48.2 Å². The Bertz CT molecular complexity index is 491. The topological polar surface area (TPSA) is 35.5 Å². The number of methoxy groups -OCH3 is 1. The lowest BCUT2D eigenvalue weighted by Gasteiger charge is -2.11. The van der Waals surface area contributed by atoms with E-state index in [2.05, 4.69) is 30.1 Å². The molecule has 3 nitrogen and oxygen atoms in total. The molecule has 0 aliphatic carbocycles. The van der Waals surface area contributed by atoms with Crippen LogP contribution in [0.4, 0.5) is 0 Å². The molecular formula is C17H20O3. The van der Waals surface area contributed by atoms with Gasteiger partial charge in [0, 0.05) is 12.0 Å². The number of carbonyl (C=O) groups is 1. The van der Waals surface area contributed by atoms with Gasteiger partial charge in [-0.15, -0.1) is 0 Å². The van der Waals surface area contributed by atoms with Crippen LogP contribution in [0, 0.1) is 11.8 Å². The van der Waals surface area contributed by atoms with Gasteiger partial charge in [-0.3, -0.25) is 0 Å². The molecule has 0 unspecified atom stereocenters. The van der Waals surface area contributed by atoms with Crippen molar-refractivity contribution >= 4 is 5.97 Å². The Hall–Kier alpha value is -2.21. The highest BCUT2D eigenvalue weighted by Gasteiger charge is 2.10. The number of rotatable bonds is 6. The van der Waals surface area contributed by atoms with Crippen molar-refractivity contribution in [3.63, 3.8) is 0 Å². The number of benzene rings is 1. The van der Waals surface area contributed by atoms with Gasteiger partial charge in [-0.2, -0.15) is 0 Å². The normalized spacial score (nSPS) is 10.9. The SMILES string of the molecule is C=CO[C@H](C#CCCCC)c1ccc(C(=O)OC)cc1. The third-order valence-corrected chi connectivity index (χ3v) is 2.76. The molecule has 0 amide bonds. The Morgan fingerprint density at radius 3 is 2.65 bits per heavy atom. The van der Waals surface area contributed by atoms with Crippen LogP contribution in [0.15, 0.2) is 37.1 Å². The summed E-state index contributed by atoms with van der Waals surface area (Å²) in [7, 11) is 1.36. The van der Waals surface area contributed by atoms with Crippen molar-refractivity contribution in [3.8, 4) is 11.8 Å². The van der Waals surface area contributed by atoms with Crippen molar-refractivity contribution in [2.45, 2.75) is 32.3 Å². The molecule has 0 saturated heterocycles. The zero-order valence-corrected chi connectivity index (χ0v) is 12.0. The summed E-state index contributed by atoms with van der Waals surface area (Å²) in [5.41, 5.74) is 1.40. The number of hydrogen-bond acceptors (Lipinski definition) is 3. The van der Waals surface area contributed by atoms with E-state index in [1.54, 1.807) is 12.1 Å². The Morgan fingerprint density at radius 1 is 1.40 bits per heavy atom. The predicted molar refractivity (Wildman–Crippen MR) is 79.1 cm³/mol. The van der Waals surface area contributed by atoms with Crippen molar-refractivity contribution < 1.29 is 14.3 Å². The quantitative estimate of drug-likeness (QED) is 0.341. The second-order valence-electron chi connectivity index (χ2n) is 4.22. The molecule has 0 bridgehead atoms. The second kappa shape index (κ2) is 8.82. The average Bonchev–Trinajstić information content (AvgIpc) is 2.50. The lowest BCUT2D eigenvalue weighted by atomic mass is 10.1. The lowest BCUT2D eigenvalue weighted by molar-refractivity contribution is 0.0600. The van der Waals surface area contributed by atoms with Gasteiger partial charge in [-0.25, -0.2) is 4.79 Å². The van der Waals surface area contributed by atoms with Gasteiger partial charge in [0.25, 0.3) is 0 Å². The van der Waals surface area contributed by atoms with E-state index in [4.69, 9.17) is 4.74 Å². The van der Waals surface area contributed by atoms with Crippen LogP contribution in [-0.4, -0.2) is 13.1 Å². The molecule has 1 aromatic carbocycles. The zero-order valence-electron chi connectivity index (χ0n) is 12.0. The van der Waals surface area contributed by atoms with Crippen molar-refractivity contribution in [2.24, 2.45) is 0 Å². The van der Waals surface area contributed by atoms with Gasteiger partial charge in [-0.05, 0) is 18.6 Å². The Morgan fingerprint density at radius 2 is 2.10 bits per heavy atom. The Balaban J connectivity index is 2.82. The van der Waals surface area contributed by atoms with Crippen LogP contribution in [-0.2, 0) is 9.47 Å². The van der Waals surface area contributed by atoms with Crippen molar-refractivity contribution in [1.29, 1.82) is 0 Å². The first-order chi connectivity index (χ1) is 9.72. The predicted octanol–water partition coefficient (Wildman–Crippen LogP) is 3.87. The largest absolute Gasteiger partial charge is 0.481 e. The maximum absolute atomic E-state index is 11.4. The molecule has 106 valence electrons. The van der Waals surface area contributed by atoms with E-state index in [1.165, 1.54) is 13.4 Å². The third-order valence-electron chi connectivity index (χ3n) is 2.76. The molecule has 0 aliphatic heterocycles. The smallest absolute Gasteiger partial charge is 0.337 e. The summed E-state index contributed by atoms with van der Waals surface area (Å²) in [6.45, 7) is 5.70. The molecule has 0 spiro atoms. The van der Waals surface area contributed by atoms with Crippen LogP contribution >= 0.6 is 0 Å². The van der Waals surface area contributed by atoms with Gasteiger partial charge in [0.15, 0.2) is 6.10 Å². The van der Waals surface area contributed by atoms with E-state index < -0.39 is 0 Å². The van der Waals surface area contributed by atoms with Gasteiger partial charge in [0.05, 0.1) is 18.9 Å². The van der Waals surface area contributed by atoms with Gasteiger partial charge in [0.1, 0.15) is 0 Å². The summed E-state index contributed by atoms with van der Waals surface area (Å²) in [6.07, 6.45) is 4.09. The van der Waals surface area contributed by atoms with Crippen LogP contribution < -0.4 is 0 Å². The van der Waals surface area contributed by atoms with Gasteiger partial charge in [0.2, 0.25) is 0 Å². The van der Waals surface area contributed by atoms with E-state index in [9.17, 15) is 4.79 Å². The average molecular weight is 272 g/mol. The van der Waals surface area contributed by atoms with Crippen molar-refractivity contribution in [1.82, 2.24) is 0 Å². The fourth-order valence-electron chi connectivity index (χ4n) is 1.63. The molecule has 0 saturated carbocycles. The summed E-state index contributed by atoms with van der Waals surface area (Å²) in [5, 5.41) is 0. The Kier molecular flexibility index (Phi) is 6.99. The second-order valence-corrected chi connectivity index (χ2v) is 4.22. The van der Waals surface area contributed by atoms with Gasteiger partial charge >= 0.3 is 5.97 Å². The van der Waals surface area contributed by atoms with E-state index in [-0.39, 0.29) is 12.1 Å². The number of ether oxygens (including phenoxy) is 2. The van der Waals surface area contributed by atoms with Crippen molar-refractivity contribution in [3.05, 3.63) is 48.2 Å². The monoisotopic (exact) mass is 272 g/mol. The van der Waals surface area contributed by atoms with E-state index >= 15 is 0 Å². The molecule has 0 aliphatic rings. The van der Waals surface area contributed by atoms with Crippen LogP contribution in [0.25, 0.3) is 0 Å². The standard InChI is InChI=1S/C17H20O3/c1-4-6-7-8-9-16(20-5-2)14-10-12-15(13-11-14)17(18)19-3/h5,10-13,16H,2,4,6-7H2,1,3H3/t16-/m1/s1. The number of esters is 1. The highest BCUT2D eigenvalue weighted by molar-refractivity contribution is 5.89. The molecule has 20 heavy (non-hydrogen) atoms. The number of carbonyl (C=O) groups excluding carboxylic acids is 1. The lowest BCUT2D eigenvalue weighted by Crippen LogP contribution is -2.03. The highest BCUT2D eigenvalue weighted by atomic mass is 16.5. The van der Waals surface area contributed by atoms with Gasteiger partial charge < -0.3 is 9.47 Å². The fraction of sp³-hybridized carbons (Fsp3) is 0.353. The van der Waals surface area contributed by atoms with Crippen molar-refractivity contribution in [2.75, 3.05) is 7.11 Å². The number of unbranched alkanes of at least 4 members (excludes halogenated alkanes) is 2. The van der Waals surface area contributed by atoms with Crippen LogP contribution in [0.3, 0.4) is 0 Å². The molecule has 1 aromatic rings. The minimum absolute atomic E-state index is 0.351. The maximum atomic E-state index is 11.4.